The van der Waals surface area contributed by atoms with E-state index in [0.717, 1.165) is 16.2 Å². The zero-order valence-corrected chi connectivity index (χ0v) is 11.8. The van der Waals surface area contributed by atoms with Crippen LogP contribution in [0.4, 0.5) is 0 Å². The molecule has 4 aliphatic rings. The van der Waals surface area contributed by atoms with Crippen LogP contribution in [0.5, 0.6) is 0 Å². The summed E-state index contributed by atoms with van der Waals surface area (Å²) in [5.74, 6) is 1.83. The Morgan fingerprint density at radius 3 is 2.38 bits per heavy atom. The van der Waals surface area contributed by atoms with Crippen LogP contribution in [0, 0.1) is 17.3 Å². The summed E-state index contributed by atoms with van der Waals surface area (Å²) in [6.07, 6.45) is 10.1. The molecule has 0 unspecified atom stereocenters. The molecule has 16 heavy (non-hydrogen) atoms. The van der Waals surface area contributed by atoms with Crippen LogP contribution in [-0.4, -0.2) is 16.2 Å². The van der Waals surface area contributed by atoms with Gasteiger partial charge in [0.25, 0.3) is 0 Å². The Morgan fingerprint density at radius 2 is 1.88 bits per heavy atom. The second-order valence-electron chi connectivity index (χ2n) is 6.51. The van der Waals surface area contributed by atoms with Gasteiger partial charge in [0.1, 0.15) is 5.60 Å². The Kier molecular flexibility index (Phi) is 2.56. The van der Waals surface area contributed by atoms with Crippen LogP contribution in [0.25, 0.3) is 0 Å². The van der Waals surface area contributed by atoms with Crippen molar-refractivity contribution in [3.8, 4) is 0 Å². The normalized spacial score (nSPS) is 49.4. The average Bonchev–Trinajstić information content (AvgIpc) is 2.12. The van der Waals surface area contributed by atoms with E-state index in [-0.39, 0.29) is 5.60 Å². The van der Waals surface area contributed by atoms with Gasteiger partial charge in [-0.05, 0) is 74.2 Å². The SMILES string of the molecule is CSC(=S)OC12C[C@H]3C[C@@H](CC(C)(C3)C1)C2. The van der Waals surface area contributed by atoms with Crippen LogP contribution in [0.2, 0.25) is 0 Å². The Morgan fingerprint density at radius 1 is 1.25 bits per heavy atom. The molecule has 4 bridgehead atoms. The number of hydrogen-bond acceptors (Lipinski definition) is 3. The first-order chi connectivity index (χ1) is 7.53. The van der Waals surface area contributed by atoms with Gasteiger partial charge in [-0.1, -0.05) is 18.7 Å². The molecule has 0 saturated heterocycles. The molecule has 0 aromatic carbocycles. The molecule has 1 nitrogen and oxygen atoms in total. The van der Waals surface area contributed by atoms with Crippen molar-refractivity contribution in [1.82, 2.24) is 0 Å². The fourth-order valence-electron chi connectivity index (χ4n) is 4.97. The highest BCUT2D eigenvalue weighted by molar-refractivity contribution is 8.22. The average molecular weight is 256 g/mol. The van der Waals surface area contributed by atoms with Crippen molar-refractivity contribution in [3.63, 3.8) is 0 Å². The summed E-state index contributed by atoms with van der Waals surface area (Å²) in [6.45, 7) is 2.46. The van der Waals surface area contributed by atoms with Gasteiger partial charge in [-0.25, -0.2) is 0 Å². The maximum atomic E-state index is 6.16. The first kappa shape index (κ1) is 11.3. The monoisotopic (exact) mass is 256 g/mol. The van der Waals surface area contributed by atoms with Gasteiger partial charge in [-0.3, -0.25) is 0 Å². The number of thiocarbonyl (C=S) groups is 1. The third-order valence-electron chi connectivity index (χ3n) is 4.77. The minimum atomic E-state index is 0.124. The molecule has 0 spiro atoms. The van der Waals surface area contributed by atoms with Gasteiger partial charge in [0, 0.05) is 0 Å². The Balaban J connectivity index is 1.83. The zero-order valence-electron chi connectivity index (χ0n) is 10.1. The van der Waals surface area contributed by atoms with Gasteiger partial charge in [-0.15, -0.1) is 0 Å². The number of rotatable bonds is 1. The van der Waals surface area contributed by atoms with E-state index in [4.69, 9.17) is 17.0 Å². The maximum absolute atomic E-state index is 6.16. The highest BCUT2D eigenvalue weighted by Gasteiger charge is 2.57. The molecule has 0 aromatic heterocycles. The van der Waals surface area contributed by atoms with Crippen LogP contribution in [0.3, 0.4) is 0 Å². The molecule has 2 atom stereocenters. The minimum Gasteiger partial charge on any atom is -0.472 e. The van der Waals surface area contributed by atoms with Crippen molar-refractivity contribution in [2.45, 2.75) is 51.0 Å². The van der Waals surface area contributed by atoms with E-state index in [0.29, 0.717) is 5.41 Å². The topological polar surface area (TPSA) is 9.23 Å². The predicted molar refractivity (Wildman–Crippen MR) is 72.7 cm³/mol. The second-order valence-corrected chi connectivity index (χ2v) is 7.92. The minimum absolute atomic E-state index is 0.124. The van der Waals surface area contributed by atoms with Gasteiger partial charge >= 0.3 is 0 Å². The second kappa shape index (κ2) is 3.61. The molecular formula is C13H20OS2. The molecule has 3 heteroatoms. The van der Waals surface area contributed by atoms with E-state index in [1.807, 2.05) is 6.26 Å². The van der Waals surface area contributed by atoms with Crippen molar-refractivity contribution >= 4 is 28.4 Å². The summed E-state index contributed by atoms with van der Waals surface area (Å²) in [5, 5.41) is 0. The van der Waals surface area contributed by atoms with Crippen LogP contribution in [0.15, 0.2) is 0 Å². The van der Waals surface area contributed by atoms with Crippen molar-refractivity contribution < 1.29 is 4.74 Å². The highest BCUT2D eigenvalue weighted by Crippen LogP contribution is 2.62. The molecule has 90 valence electrons. The molecule has 0 aromatic rings. The molecule has 0 heterocycles. The first-order valence-electron chi connectivity index (χ1n) is 6.30. The fourth-order valence-corrected chi connectivity index (χ4v) is 5.40. The van der Waals surface area contributed by atoms with Gasteiger partial charge in [0.05, 0.1) is 0 Å². The maximum Gasteiger partial charge on any atom is 0.220 e. The van der Waals surface area contributed by atoms with Crippen LogP contribution in [-0.2, 0) is 4.74 Å². The molecule has 0 N–H and O–H groups in total. The molecule has 0 radical (unpaired) electrons. The summed E-state index contributed by atoms with van der Waals surface area (Å²) in [6, 6.07) is 0. The molecular weight excluding hydrogens is 236 g/mol. The third kappa shape index (κ3) is 1.80. The van der Waals surface area contributed by atoms with Gasteiger partial charge in [-0.2, -0.15) is 0 Å². The van der Waals surface area contributed by atoms with E-state index < -0.39 is 0 Å². The third-order valence-corrected chi connectivity index (χ3v) is 5.77. The Labute approximate surface area is 108 Å². The lowest BCUT2D eigenvalue weighted by molar-refractivity contribution is -0.146. The van der Waals surface area contributed by atoms with Crippen molar-refractivity contribution in [1.29, 1.82) is 0 Å². The number of ether oxygens (including phenoxy) is 1. The fraction of sp³-hybridized carbons (Fsp3) is 0.923. The molecule has 0 amide bonds. The Bertz CT molecular complexity index is 312. The standard InChI is InChI=1S/C13H20OS2/c1-12-4-9-3-10(5-12)7-13(6-9,8-12)14-11(15)16-2/h9-10H,3-8H2,1-2H3/t9-,10-,12?,13?/m0/s1. The van der Waals surface area contributed by atoms with E-state index in [1.165, 1.54) is 38.5 Å². The van der Waals surface area contributed by atoms with Crippen LogP contribution < -0.4 is 0 Å². The van der Waals surface area contributed by atoms with Crippen LogP contribution in [0.1, 0.15) is 45.4 Å². The molecule has 4 aliphatic carbocycles. The van der Waals surface area contributed by atoms with Crippen molar-refractivity contribution in [2.24, 2.45) is 17.3 Å². The van der Waals surface area contributed by atoms with Gasteiger partial charge in [0.2, 0.25) is 4.38 Å². The van der Waals surface area contributed by atoms with Crippen LogP contribution >= 0.6 is 24.0 Å². The molecule has 4 fully saturated rings. The summed E-state index contributed by atoms with van der Waals surface area (Å²) in [4.78, 5) is 0. The summed E-state index contributed by atoms with van der Waals surface area (Å²) < 4.78 is 6.91. The lowest BCUT2D eigenvalue weighted by atomic mass is 9.48. The number of hydrogen-bond donors (Lipinski definition) is 0. The van der Waals surface area contributed by atoms with Crippen molar-refractivity contribution in [2.75, 3.05) is 6.26 Å². The van der Waals surface area contributed by atoms with E-state index in [1.54, 1.807) is 11.8 Å². The van der Waals surface area contributed by atoms with E-state index >= 15 is 0 Å². The summed E-state index contributed by atoms with van der Waals surface area (Å²) in [5.41, 5.74) is 0.678. The predicted octanol–water partition coefficient (Wildman–Crippen LogP) is 4.01. The van der Waals surface area contributed by atoms with Gasteiger partial charge < -0.3 is 4.74 Å². The Hall–Kier alpha value is 0.240. The highest BCUT2D eigenvalue weighted by atomic mass is 32.2. The number of thioether (sulfide) groups is 1. The van der Waals surface area contributed by atoms with Crippen molar-refractivity contribution in [3.05, 3.63) is 0 Å². The van der Waals surface area contributed by atoms with E-state index in [9.17, 15) is 0 Å². The van der Waals surface area contributed by atoms with E-state index in [2.05, 4.69) is 6.92 Å². The van der Waals surface area contributed by atoms with Gasteiger partial charge in [0.15, 0.2) is 0 Å². The first-order valence-corrected chi connectivity index (χ1v) is 7.93. The lowest BCUT2D eigenvalue weighted by Crippen LogP contribution is -2.56. The summed E-state index contributed by atoms with van der Waals surface area (Å²) >= 11 is 6.85. The molecule has 4 rings (SSSR count). The quantitative estimate of drug-likeness (QED) is 0.656. The summed E-state index contributed by atoms with van der Waals surface area (Å²) in [7, 11) is 0. The largest absolute Gasteiger partial charge is 0.472 e. The smallest absolute Gasteiger partial charge is 0.220 e. The zero-order chi connectivity index (χ0) is 11.4. The lowest BCUT2D eigenvalue weighted by Gasteiger charge is -2.60. The molecule has 0 aliphatic heterocycles. The molecule has 4 saturated carbocycles.